The van der Waals surface area contributed by atoms with Gasteiger partial charge in [0.1, 0.15) is 11.3 Å². The second-order valence-corrected chi connectivity index (χ2v) is 6.24. The van der Waals surface area contributed by atoms with Gasteiger partial charge in [-0.3, -0.25) is 4.79 Å². The molecule has 1 N–H and O–H groups in total. The summed E-state index contributed by atoms with van der Waals surface area (Å²) in [5, 5.41) is 9.64. The summed E-state index contributed by atoms with van der Waals surface area (Å²) in [6.45, 7) is 3.23. The summed E-state index contributed by atoms with van der Waals surface area (Å²) >= 11 is 3.22. The van der Waals surface area contributed by atoms with E-state index in [0.29, 0.717) is 23.5 Å². The highest BCUT2D eigenvalue weighted by Crippen LogP contribution is 2.22. The quantitative estimate of drug-likeness (QED) is 0.846. The van der Waals surface area contributed by atoms with E-state index < -0.39 is 5.97 Å². The third-order valence-electron chi connectivity index (χ3n) is 3.51. The molecule has 1 fully saturated rings. The lowest BCUT2D eigenvalue weighted by Gasteiger charge is -2.30. The number of phenolic OH excluding ortho intramolecular Hbond substituents is 1. The van der Waals surface area contributed by atoms with Gasteiger partial charge in [0.25, 0.3) is 5.91 Å². The fourth-order valence-electron chi connectivity index (χ4n) is 2.38. The molecule has 1 atom stereocenters. The minimum absolute atomic E-state index is 0.0455. The largest absolute Gasteiger partial charge is 0.507 e. The summed E-state index contributed by atoms with van der Waals surface area (Å²) in [5.41, 5.74) is 0.0455. The summed E-state index contributed by atoms with van der Waals surface area (Å²) in [6.07, 6.45) is 2.10. The molecular formula is C15H18BrNO4. The Bertz CT molecular complexity index is 546. The Morgan fingerprint density at radius 3 is 2.95 bits per heavy atom. The van der Waals surface area contributed by atoms with Crippen molar-refractivity contribution in [3.8, 4) is 5.75 Å². The minimum atomic E-state index is -0.702. The Morgan fingerprint density at radius 1 is 1.48 bits per heavy atom. The molecule has 0 radical (unpaired) electrons. The van der Waals surface area contributed by atoms with Crippen LogP contribution in [0.15, 0.2) is 22.7 Å². The van der Waals surface area contributed by atoms with Crippen molar-refractivity contribution in [1.82, 2.24) is 4.90 Å². The summed E-state index contributed by atoms with van der Waals surface area (Å²) < 4.78 is 5.66. The number of phenols is 1. The average molecular weight is 356 g/mol. The van der Waals surface area contributed by atoms with E-state index in [-0.39, 0.29) is 23.8 Å². The van der Waals surface area contributed by atoms with Crippen molar-refractivity contribution in [3.05, 3.63) is 28.2 Å². The van der Waals surface area contributed by atoms with E-state index in [4.69, 9.17) is 4.74 Å². The minimum Gasteiger partial charge on any atom is -0.507 e. The highest BCUT2D eigenvalue weighted by atomic mass is 79.9. The van der Waals surface area contributed by atoms with Crippen molar-refractivity contribution in [1.29, 1.82) is 0 Å². The van der Waals surface area contributed by atoms with Crippen molar-refractivity contribution in [2.24, 2.45) is 5.92 Å². The van der Waals surface area contributed by atoms with Crippen molar-refractivity contribution in [2.45, 2.75) is 19.8 Å². The van der Waals surface area contributed by atoms with Crippen LogP contribution in [0.2, 0.25) is 0 Å². The number of hydrogen-bond acceptors (Lipinski definition) is 4. The van der Waals surface area contributed by atoms with Crippen LogP contribution in [0.3, 0.4) is 0 Å². The standard InChI is InChI=1S/C15H18BrNO4/c1-10-3-2-6-17(8-10)14(19)9-21-15(20)12-7-11(16)4-5-13(12)18/h4-5,7,10,18H,2-3,6,8-9H2,1H3/t10-/m0/s1. The van der Waals surface area contributed by atoms with Crippen molar-refractivity contribution in [3.63, 3.8) is 0 Å². The average Bonchev–Trinajstić information content (AvgIpc) is 2.47. The normalized spacial score (nSPS) is 18.4. The number of ether oxygens (including phenoxy) is 1. The molecular weight excluding hydrogens is 338 g/mol. The molecule has 0 spiro atoms. The first-order valence-corrected chi connectivity index (χ1v) is 7.70. The Hall–Kier alpha value is -1.56. The maximum absolute atomic E-state index is 12.0. The SMILES string of the molecule is C[C@H]1CCCN(C(=O)COC(=O)c2cc(Br)ccc2O)C1. The number of esters is 1. The Balaban J connectivity index is 1.91. The third kappa shape index (κ3) is 4.20. The zero-order valence-corrected chi connectivity index (χ0v) is 13.4. The van der Waals surface area contributed by atoms with Crippen LogP contribution < -0.4 is 0 Å². The Morgan fingerprint density at radius 2 is 2.24 bits per heavy atom. The summed E-state index contributed by atoms with van der Waals surface area (Å²) in [6, 6.07) is 4.48. The van der Waals surface area contributed by atoms with Gasteiger partial charge in [-0.2, -0.15) is 0 Å². The number of carbonyl (C=O) groups is 2. The molecule has 0 unspecified atom stereocenters. The van der Waals surface area contributed by atoms with Crippen molar-refractivity contribution in [2.75, 3.05) is 19.7 Å². The molecule has 1 amide bonds. The zero-order valence-electron chi connectivity index (χ0n) is 11.8. The number of amides is 1. The molecule has 114 valence electrons. The van der Waals surface area contributed by atoms with Gasteiger partial charge in [0.05, 0.1) is 0 Å². The first kappa shape index (κ1) is 15.8. The Labute approximate surface area is 132 Å². The second-order valence-electron chi connectivity index (χ2n) is 5.32. The van der Waals surface area contributed by atoms with Gasteiger partial charge in [-0.25, -0.2) is 4.79 Å². The molecule has 1 heterocycles. The van der Waals surface area contributed by atoms with Crippen LogP contribution in [-0.4, -0.2) is 41.6 Å². The monoisotopic (exact) mass is 355 g/mol. The maximum Gasteiger partial charge on any atom is 0.342 e. The zero-order chi connectivity index (χ0) is 15.4. The Kier molecular flexibility index (Phi) is 5.22. The fourth-order valence-corrected chi connectivity index (χ4v) is 2.75. The fraction of sp³-hybridized carbons (Fsp3) is 0.467. The molecule has 6 heteroatoms. The van der Waals surface area contributed by atoms with E-state index in [9.17, 15) is 14.7 Å². The third-order valence-corrected chi connectivity index (χ3v) is 4.01. The molecule has 0 bridgehead atoms. The number of benzene rings is 1. The molecule has 0 saturated carbocycles. The van der Waals surface area contributed by atoms with E-state index in [0.717, 1.165) is 12.8 Å². The van der Waals surface area contributed by atoms with Gasteiger partial charge in [0.15, 0.2) is 6.61 Å². The molecule has 21 heavy (non-hydrogen) atoms. The van der Waals surface area contributed by atoms with E-state index >= 15 is 0 Å². The summed E-state index contributed by atoms with van der Waals surface area (Å²) in [5.74, 6) is -0.577. The van der Waals surface area contributed by atoms with Gasteiger partial charge in [-0.05, 0) is 37.0 Å². The van der Waals surface area contributed by atoms with Crippen LogP contribution in [0, 0.1) is 5.92 Å². The predicted molar refractivity (Wildman–Crippen MR) is 81.1 cm³/mol. The molecule has 5 nitrogen and oxygen atoms in total. The smallest absolute Gasteiger partial charge is 0.342 e. The maximum atomic E-state index is 12.0. The summed E-state index contributed by atoms with van der Waals surface area (Å²) in [7, 11) is 0. The predicted octanol–water partition coefficient (Wildman–Crippen LogP) is 2.57. The van der Waals surface area contributed by atoms with Gasteiger partial charge in [-0.15, -0.1) is 0 Å². The van der Waals surface area contributed by atoms with Gasteiger partial charge in [0, 0.05) is 17.6 Å². The van der Waals surface area contributed by atoms with E-state index in [1.165, 1.54) is 12.1 Å². The lowest BCUT2D eigenvalue weighted by atomic mass is 10.0. The molecule has 1 aliphatic heterocycles. The van der Waals surface area contributed by atoms with Crippen LogP contribution in [0.25, 0.3) is 0 Å². The van der Waals surface area contributed by atoms with Gasteiger partial charge >= 0.3 is 5.97 Å². The second kappa shape index (κ2) is 6.93. The van der Waals surface area contributed by atoms with E-state index in [1.807, 2.05) is 0 Å². The molecule has 0 aromatic heterocycles. The van der Waals surface area contributed by atoms with Crippen LogP contribution in [0.1, 0.15) is 30.1 Å². The number of likely N-dealkylation sites (tertiary alicyclic amines) is 1. The van der Waals surface area contributed by atoms with Crippen LogP contribution in [0.4, 0.5) is 0 Å². The number of aromatic hydroxyl groups is 1. The number of piperidine rings is 1. The van der Waals surface area contributed by atoms with E-state index in [1.54, 1.807) is 11.0 Å². The highest BCUT2D eigenvalue weighted by molar-refractivity contribution is 9.10. The lowest BCUT2D eigenvalue weighted by Crippen LogP contribution is -2.41. The number of rotatable bonds is 3. The molecule has 1 aromatic carbocycles. The number of nitrogens with zero attached hydrogens (tertiary/aromatic N) is 1. The molecule has 1 aromatic rings. The summed E-state index contributed by atoms with van der Waals surface area (Å²) in [4.78, 5) is 25.6. The van der Waals surface area contributed by atoms with Crippen molar-refractivity contribution >= 4 is 27.8 Å². The molecule has 0 aliphatic carbocycles. The first-order chi connectivity index (χ1) is 9.97. The van der Waals surface area contributed by atoms with Crippen LogP contribution >= 0.6 is 15.9 Å². The van der Waals surface area contributed by atoms with E-state index in [2.05, 4.69) is 22.9 Å². The lowest BCUT2D eigenvalue weighted by molar-refractivity contribution is -0.136. The van der Waals surface area contributed by atoms with Crippen LogP contribution in [0.5, 0.6) is 5.75 Å². The molecule has 1 saturated heterocycles. The number of halogens is 1. The highest BCUT2D eigenvalue weighted by Gasteiger charge is 2.22. The van der Waals surface area contributed by atoms with Gasteiger partial charge in [0.2, 0.25) is 0 Å². The number of carbonyl (C=O) groups excluding carboxylic acids is 2. The number of hydrogen-bond donors (Lipinski definition) is 1. The molecule has 1 aliphatic rings. The topological polar surface area (TPSA) is 66.8 Å². The van der Waals surface area contributed by atoms with Gasteiger partial charge in [-0.1, -0.05) is 22.9 Å². The molecule has 2 rings (SSSR count). The van der Waals surface area contributed by atoms with Crippen molar-refractivity contribution < 1.29 is 19.4 Å². The van der Waals surface area contributed by atoms with Crippen LogP contribution in [-0.2, 0) is 9.53 Å². The van der Waals surface area contributed by atoms with Gasteiger partial charge < -0.3 is 14.7 Å². The first-order valence-electron chi connectivity index (χ1n) is 6.91.